The van der Waals surface area contributed by atoms with Gasteiger partial charge in [-0.25, -0.2) is 0 Å². The number of ether oxygens (including phenoxy) is 4. The highest BCUT2D eigenvalue weighted by Crippen LogP contribution is 2.25. The first-order valence-corrected chi connectivity index (χ1v) is 6.59. The Morgan fingerprint density at radius 3 is 2.38 bits per heavy atom. The monoisotopic (exact) mass is 303 g/mol. The van der Waals surface area contributed by atoms with Crippen LogP contribution in [0.15, 0.2) is 0 Å². The van der Waals surface area contributed by atoms with E-state index in [0.29, 0.717) is 6.42 Å². The van der Waals surface area contributed by atoms with Gasteiger partial charge in [0.15, 0.2) is 12.4 Å². The zero-order valence-electron chi connectivity index (χ0n) is 12.6. The van der Waals surface area contributed by atoms with E-state index in [9.17, 15) is 14.4 Å². The molecule has 0 aromatic carbocycles. The second kappa shape index (κ2) is 7.94. The van der Waals surface area contributed by atoms with Crippen molar-refractivity contribution in [3.05, 3.63) is 0 Å². The first-order valence-electron chi connectivity index (χ1n) is 6.59. The molecule has 0 aromatic heterocycles. The third-order valence-electron chi connectivity index (χ3n) is 2.93. The molecule has 0 aromatic rings. The van der Waals surface area contributed by atoms with Crippen molar-refractivity contribution < 1.29 is 33.3 Å². The predicted molar refractivity (Wildman–Crippen MR) is 70.1 cm³/mol. The first-order chi connectivity index (χ1) is 9.83. The highest BCUT2D eigenvalue weighted by molar-refractivity contribution is 5.73. The molecule has 1 rings (SSSR count). The SMILES string of the molecule is CO[C@@H]1O[C@H]([C@@H](COC(C)=O)OC(C)=O)C[C@@H]1NC(C)=O. The lowest BCUT2D eigenvalue weighted by Gasteiger charge is -2.22. The van der Waals surface area contributed by atoms with E-state index in [2.05, 4.69) is 5.32 Å². The highest BCUT2D eigenvalue weighted by atomic mass is 16.7. The van der Waals surface area contributed by atoms with Gasteiger partial charge in [0.25, 0.3) is 0 Å². The lowest BCUT2D eigenvalue weighted by atomic mass is 10.1. The molecule has 0 bridgehead atoms. The van der Waals surface area contributed by atoms with Crippen LogP contribution in [0.5, 0.6) is 0 Å². The fourth-order valence-corrected chi connectivity index (χ4v) is 2.16. The van der Waals surface area contributed by atoms with Crippen molar-refractivity contribution in [2.75, 3.05) is 13.7 Å². The highest BCUT2D eigenvalue weighted by Gasteiger charge is 2.41. The molecule has 8 nitrogen and oxygen atoms in total. The van der Waals surface area contributed by atoms with Gasteiger partial charge in [-0.05, 0) is 0 Å². The number of hydrogen-bond acceptors (Lipinski definition) is 7. The normalized spacial score (nSPS) is 26.0. The van der Waals surface area contributed by atoms with Crippen molar-refractivity contribution in [1.29, 1.82) is 0 Å². The van der Waals surface area contributed by atoms with Crippen molar-refractivity contribution in [1.82, 2.24) is 5.32 Å². The molecule has 0 spiro atoms. The quantitative estimate of drug-likeness (QED) is 0.675. The van der Waals surface area contributed by atoms with E-state index in [-0.39, 0.29) is 18.6 Å². The minimum absolute atomic E-state index is 0.108. The molecule has 1 amide bonds. The van der Waals surface area contributed by atoms with Gasteiger partial charge in [0, 0.05) is 34.3 Å². The fourth-order valence-electron chi connectivity index (χ4n) is 2.16. The topological polar surface area (TPSA) is 100 Å². The molecule has 1 aliphatic heterocycles. The number of carbonyl (C=O) groups is 3. The summed E-state index contributed by atoms with van der Waals surface area (Å²) in [4.78, 5) is 33.2. The van der Waals surface area contributed by atoms with Crippen LogP contribution in [0.2, 0.25) is 0 Å². The summed E-state index contributed by atoms with van der Waals surface area (Å²) in [5.74, 6) is -1.20. The number of nitrogens with one attached hydrogen (secondary N) is 1. The number of rotatable bonds is 6. The smallest absolute Gasteiger partial charge is 0.303 e. The Morgan fingerprint density at radius 1 is 1.24 bits per heavy atom. The largest absolute Gasteiger partial charge is 0.462 e. The van der Waals surface area contributed by atoms with Gasteiger partial charge in [0.1, 0.15) is 12.7 Å². The maximum Gasteiger partial charge on any atom is 0.303 e. The van der Waals surface area contributed by atoms with Gasteiger partial charge in [0.05, 0.1) is 6.04 Å². The average molecular weight is 303 g/mol. The number of methoxy groups -OCH3 is 1. The molecule has 0 radical (unpaired) electrons. The zero-order valence-corrected chi connectivity index (χ0v) is 12.6. The summed E-state index contributed by atoms with van der Waals surface area (Å²) in [6.45, 7) is 3.80. The Bertz CT molecular complexity index is 398. The number of carbonyl (C=O) groups excluding carboxylic acids is 3. The maximum absolute atomic E-state index is 11.2. The minimum Gasteiger partial charge on any atom is -0.462 e. The van der Waals surface area contributed by atoms with Gasteiger partial charge in [0.2, 0.25) is 5.91 Å². The molecule has 8 heteroatoms. The summed E-state index contributed by atoms with van der Waals surface area (Å²) in [6, 6.07) is -0.354. The average Bonchev–Trinajstić information content (AvgIpc) is 2.75. The lowest BCUT2D eigenvalue weighted by Crippen LogP contribution is -2.40. The van der Waals surface area contributed by atoms with Crippen molar-refractivity contribution in [2.24, 2.45) is 0 Å². The van der Waals surface area contributed by atoms with E-state index < -0.39 is 30.4 Å². The number of hydrogen-bond donors (Lipinski definition) is 1. The zero-order chi connectivity index (χ0) is 16.0. The molecule has 0 unspecified atom stereocenters. The molecule has 0 saturated carbocycles. The van der Waals surface area contributed by atoms with E-state index in [4.69, 9.17) is 18.9 Å². The van der Waals surface area contributed by atoms with Crippen LogP contribution in [0.1, 0.15) is 27.2 Å². The Labute approximate surface area is 123 Å². The second-order valence-electron chi connectivity index (χ2n) is 4.77. The number of amides is 1. The van der Waals surface area contributed by atoms with E-state index in [1.165, 1.54) is 27.9 Å². The number of esters is 2. The van der Waals surface area contributed by atoms with Crippen LogP contribution in [0.4, 0.5) is 0 Å². The van der Waals surface area contributed by atoms with Crippen LogP contribution >= 0.6 is 0 Å². The Kier molecular flexibility index (Phi) is 6.57. The summed E-state index contributed by atoms with van der Waals surface area (Å²) in [5.41, 5.74) is 0. The van der Waals surface area contributed by atoms with Gasteiger partial charge in [-0.1, -0.05) is 0 Å². The third-order valence-corrected chi connectivity index (χ3v) is 2.93. The third kappa shape index (κ3) is 5.68. The Hall–Kier alpha value is -1.67. The molecular formula is C13H21NO7. The van der Waals surface area contributed by atoms with E-state index in [1.54, 1.807) is 0 Å². The maximum atomic E-state index is 11.2. The van der Waals surface area contributed by atoms with E-state index >= 15 is 0 Å². The molecule has 4 atom stereocenters. The van der Waals surface area contributed by atoms with Crippen molar-refractivity contribution in [3.8, 4) is 0 Å². The predicted octanol–water partition coefficient (Wildman–Crippen LogP) is -0.253. The van der Waals surface area contributed by atoms with Crippen LogP contribution in [0.25, 0.3) is 0 Å². The minimum atomic E-state index is -0.747. The van der Waals surface area contributed by atoms with Gasteiger partial charge < -0.3 is 24.3 Å². The van der Waals surface area contributed by atoms with E-state index in [1.807, 2.05) is 0 Å². The summed E-state index contributed by atoms with van der Waals surface area (Å²) in [6.07, 6.45) is -1.54. The van der Waals surface area contributed by atoms with E-state index in [0.717, 1.165) is 0 Å². The molecular weight excluding hydrogens is 282 g/mol. The Morgan fingerprint density at radius 2 is 1.90 bits per heavy atom. The molecule has 21 heavy (non-hydrogen) atoms. The fraction of sp³-hybridized carbons (Fsp3) is 0.769. The first kappa shape index (κ1) is 17.4. The standard InChI is InChI=1S/C13H21NO7/c1-7(15)14-10-5-11(21-13(10)18-4)12(20-9(3)17)6-19-8(2)16/h10-13H,5-6H2,1-4H3,(H,14,15)/t10-,11-,12+,13+/m0/s1. The van der Waals surface area contributed by atoms with Crippen molar-refractivity contribution in [3.63, 3.8) is 0 Å². The van der Waals surface area contributed by atoms with Crippen LogP contribution in [-0.4, -0.2) is 56.1 Å². The van der Waals surface area contributed by atoms with Gasteiger partial charge in [-0.2, -0.15) is 0 Å². The summed E-state index contributed by atoms with van der Waals surface area (Å²) >= 11 is 0. The van der Waals surface area contributed by atoms with Crippen molar-refractivity contribution in [2.45, 2.75) is 51.7 Å². The van der Waals surface area contributed by atoms with Crippen LogP contribution in [-0.2, 0) is 33.3 Å². The van der Waals surface area contributed by atoms with Crippen molar-refractivity contribution >= 4 is 17.8 Å². The Balaban J connectivity index is 2.71. The summed E-state index contributed by atoms with van der Waals surface area (Å²) < 4.78 is 20.8. The van der Waals surface area contributed by atoms with Gasteiger partial charge in [-0.15, -0.1) is 0 Å². The lowest BCUT2D eigenvalue weighted by molar-refractivity contribution is -0.179. The van der Waals surface area contributed by atoms with Crippen LogP contribution in [0, 0.1) is 0 Å². The van der Waals surface area contributed by atoms with Gasteiger partial charge in [-0.3, -0.25) is 14.4 Å². The summed E-state index contributed by atoms with van der Waals surface area (Å²) in [7, 11) is 1.45. The molecule has 0 aliphatic carbocycles. The molecule has 1 fully saturated rings. The second-order valence-corrected chi connectivity index (χ2v) is 4.77. The van der Waals surface area contributed by atoms with Crippen LogP contribution < -0.4 is 5.32 Å². The molecule has 1 aliphatic rings. The molecule has 120 valence electrons. The van der Waals surface area contributed by atoms with Gasteiger partial charge >= 0.3 is 11.9 Å². The summed E-state index contributed by atoms with van der Waals surface area (Å²) in [5, 5.41) is 2.71. The molecule has 1 heterocycles. The molecule has 1 N–H and O–H groups in total. The molecule has 1 saturated heterocycles. The van der Waals surface area contributed by atoms with Crippen LogP contribution in [0.3, 0.4) is 0 Å².